The fraction of sp³-hybridized carbons (Fsp3) is 0.481. The lowest BCUT2D eigenvalue weighted by molar-refractivity contribution is -0.164. The van der Waals surface area contributed by atoms with E-state index in [-0.39, 0.29) is 29.5 Å². The summed E-state index contributed by atoms with van der Waals surface area (Å²) in [5, 5.41) is 0. The number of ether oxygens (including phenoxy) is 3. The predicted molar refractivity (Wildman–Crippen MR) is 118 cm³/mol. The number of esters is 1. The van der Waals surface area contributed by atoms with Gasteiger partial charge in [-0.2, -0.15) is 0 Å². The molecule has 6 rings (SSSR count). The molecular weight excluding hydrogens is 404 g/mol. The van der Waals surface area contributed by atoms with E-state index in [2.05, 4.69) is 0 Å². The van der Waals surface area contributed by atoms with Crippen molar-refractivity contribution >= 4 is 11.8 Å². The van der Waals surface area contributed by atoms with Crippen molar-refractivity contribution in [3.8, 4) is 0 Å². The first kappa shape index (κ1) is 21.4. The zero-order chi connectivity index (χ0) is 22.2. The number of carbonyl (C=O) groups is 2. The summed E-state index contributed by atoms with van der Waals surface area (Å²) in [5.74, 6) is -0.631. The average molecular weight is 435 g/mol. The van der Waals surface area contributed by atoms with E-state index in [0.29, 0.717) is 32.8 Å². The Kier molecular flexibility index (Phi) is 5.64. The molecular formula is C27H30O5. The number of ketones is 1. The number of fused-ring (bicyclic) bond motifs is 1. The van der Waals surface area contributed by atoms with Crippen LogP contribution >= 0.6 is 0 Å². The van der Waals surface area contributed by atoms with Gasteiger partial charge in [-0.3, -0.25) is 9.59 Å². The summed E-state index contributed by atoms with van der Waals surface area (Å²) in [7, 11) is 0. The Bertz CT molecular complexity index is 974. The number of carbonyl (C=O) groups excluding carboxylic acids is 2. The van der Waals surface area contributed by atoms with Gasteiger partial charge in [-0.05, 0) is 43.2 Å². The van der Waals surface area contributed by atoms with Crippen LogP contribution in [0, 0.1) is 23.2 Å². The van der Waals surface area contributed by atoms with E-state index >= 15 is 0 Å². The topological polar surface area (TPSA) is 61.8 Å². The van der Waals surface area contributed by atoms with Gasteiger partial charge in [-0.15, -0.1) is 0 Å². The van der Waals surface area contributed by atoms with Crippen LogP contribution in [0.5, 0.6) is 0 Å². The molecule has 5 atom stereocenters. The monoisotopic (exact) mass is 434 g/mol. The minimum absolute atomic E-state index is 0.0839. The molecule has 4 bridgehead atoms. The molecule has 4 saturated carbocycles. The van der Waals surface area contributed by atoms with Gasteiger partial charge in [-0.25, -0.2) is 0 Å². The first-order valence-electron chi connectivity index (χ1n) is 11.7. The van der Waals surface area contributed by atoms with E-state index < -0.39 is 11.0 Å². The van der Waals surface area contributed by atoms with Gasteiger partial charge < -0.3 is 14.2 Å². The van der Waals surface area contributed by atoms with Crippen LogP contribution in [0.3, 0.4) is 0 Å². The maximum absolute atomic E-state index is 13.3. The fourth-order valence-electron chi connectivity index (χ4n) is 6.47. The largest absolute Gasteiger partial charge is 0.465 e. The van der Waals surface area contributed by atoms with Crippen molar-refractivity contribution in [2.24, 2.45) is 23.2 Å². The van der Waals surface area contributed by atoms with Gasteiger partial charge >= 0.3 is 5.97 Å². The molecule has 0 N–H and O–H groups in total. The smallest absolute Gasteiger partial charge is 0.316 e. The zero-order valence-electron chi connectivity index (χ0n) is 18.5. The molecule has 4 aliphatic rings. The Labute approximate surface area is 189 Å². The summed E-state index contributed by atoms with van der Waals surface area (Å²) in [5.41, 5.74) is 0.575. The van der Waals surface area contributed by atoms with Gasteiger partial charge in [0.15, 0.2) is 0 Å². The molecule has 5 nitrogen and oxygen atoms in total. The van der Waals surface area contributed by atoms with E-state index in [1.54, 1.807) is 0 Å². The van der Waals surface area contributed by atoms with Crippen LogP contribution in [-0.4, -0.2) is 30.6 Å². The molecule has 4 aliphatic carbocycles. The standard InChI is InChI=1S/C27H30O5/c1-2-31-25(29)27-22(14-16-30-17-19-9-5-3-6-10-19)21-13-15-26(27,24(27)23(21)28)32-18-20-11-7-4-8-12-20/h3-12,21-22,24H,2,13-18H2,1H3/t21-,22-,24?,26?,27?/m1/s1. The van der Waals surface area contributed by atoms with Crippen LogP contribution in [0.15, 0.2) is 60.7 Å². The third-order valence-electron chi connectivity index (χ3n) is 7.72. The first-order chi connectivity index (χ1) is 15.6. The molecule has 5 heteroatoms. The number of benzene rings is 2. The van der Waals surface area contributed by atoms with Crippen LogP contribution in [0.2, 0.25) is 0 Å². The maximum atomic E-state index is 13.3. The number of hydrogen-bond donors (Lipinski definition) is 0. The molecule has 0 saturated heterocycles. The lowest BCUT2D eigenvalue weighted by Crippen LogP contribution is -2.46. The normalized spacial score (nSPS) is 32.0. The molecule has 0 aromatic heterocycles. The number of Topliss-reactive ketones (excluding diaryl/α,β-unsaturated/α-hetero) is 1. The van der Waals surface area contributed by atoms with Crippen molar-refractivity contribution < 1.29 is 23.8 Å². The third kappa shape index (κ3) is 3.13. The Morgan fingerprint density at radius 1 is 1.00 bits per heavy atom. The van der Waals surface area contributed by atoms with Crippen LogP contribution in [0.1, 0.15) is 37.3 Å². The SMILES string of the molecule is CCOC(=O)C12C3C(=O)[C@H](CCC31OCc1ccccc1)[C@H]2CCOCc1ccccc1. The third-order valence-corrected chi connectivity index (χ3v) is 7.72. The lowest BCUT2D eigenvalue weighted by atomic mass is 9.69. The quantitative estimate of drug-likeness (QED) is 0.411. The Morgan fingerprint density at radius 2 is 1.66 bits per heavy atom. The Balaban J connectivity index is 1.34. The van der Waals surface area contributed by atoms with Crippen LogP contribution in [0.25, 0.3) is 0 Å². The van der Waals surface area contributed by atoms with E-state index in [4.69, 9.17) is 14.2 Å². The highest BCUT2D eigenvalue weighted by molar-refractivity contribution is 6.04. The van der Waals surface area contributed by atoms with Crippen molar-refractivity contribution in [2.75, 3.05) is 13.2 Å². The maximum Gasteiger partial charge on any atom is 0.316 e. The van der Waals surface area contributed by atoms with E-state index in [1.165, 1.54) is 0 Å². The molecule has 3 unspecified atom stereocenters. The van der Waals surface area contributed by atoms with Gasteiger partial charge in [0.05, 0.1) is 31.3 Å². The molecule has 32 heavy (non-hydrogen) atoms. The summed E-state index contributed by atoms with van der Waals surface area (Å²) < 4.78 is 17.9. The van der Waals surface area contributed by atoms with Crippen molar-refractivity contribution in [3.05, 3.63) is 71.8 Å². The molecule has 4 fully saturated rings. The second-order valence-corrected chi connectivity index (χ2v) is 9.17. The Morgan fingerprint density at radius 3 is 2.31 bits per heavy atom. The molecule has 0 heterocycles. The van der Waals surface area contributed by atoms with Crippen LogP contribution in [0.4, 0.5) is 0 Å². The summed E-state index contributed by atoms with van der Waals surface area (Å²) in [6.45, 7) is 3.55. The molecule has 168 valence electrons. The fourth-order valence-corrected chi connectivity index (χ4v) is 6.47. The van der Waals surface area contributed by atoms with E-state index in [9.17, 15) is 9.59 Å². The van der Waals surface area contributed by atoms with E-state index in [1.807, 2.05) is 67.6 Å². The minimum Gasteiger partial charge on any atom is -0.465 e. The summed E-state index contributed by atoms with van der Waals surface area (Å²) in [6.07, 6.45) is 2.17. The molecule has 0 spiro atoms. The average Bonchev–Trinajstić information content (AvgIpc) is 3.40. The van der Waals surface area contributed by atoms with Gasteiger partial charge in [-0.1, -0.05) is 60.7 Å². The van der Waals surface area contributed by atoms with Gasteiger partial charge in [0.1, 0.15) is 11.2 Å². The van der Waals surface area contributed by atoms with Gasteiger partial charge in [0, 0.05) is 12.5 Å². The number of rotatable bonds is 10. The molecule has 0 radical (unpaired) electrons. The zero-order valence-corrected chi connectivity index (χ0v) is 18.5. The summed E-state index contributed by atoms with van der Waals surface area (Å²) in [6, 6.07) is 20.0. The summed E-state index contributed by atoms with van der Waals surface area (Å²) in [4.78, 5) is 26.6. The summed E-state index contributed by atoms with van der Waals surface area (Å²) >= 11 is 0. The predicted octanol–water partition coefficient (Wildman–Crippen LogP) is 4.34. The van der Waals surface area contributed by atoms with Gasteiger partial charge in [0.2, 0.25) is 0 Å². The second kappa shape index (κ2) is 8.45. The van der Waals surface area contributed by atoms with Crippen molar-refractivity contribution in [1.82, 2.24) is 0 Å². The lowest BCUT2D eigenvalue weighted by Gasteiger charge is -2.39. The minimum atomic E-state index is -0.853. The molecule has 2 aromatic carbocycles. The van der Waals surface area contributed by atoms with Crippen molar-refractivity contribution in [3.63, 3.8) is 0 Å². The molecule has 0 aliphatic heterocycles. The Hall–Kier alpha value is -2.50. The molecule has 2 aromatic rings. The second-order valence-electron chi connectivity index (χ2n) is 9.17. The van der Waals surface area contributed by atoms with Crippen molar-refractivity contribution in [2.45, 2.75) is 45.0 Å². The van der Waals surface area contributed by atoms with Crippen LogP contribution in [-0.2, 0) is 37.0 Å². The molecule has 0 amide bonds. The van der Waals surface area contributed by atoms with Gasteiger partial charge in [0.25, 0.3) is 0 Å². The number of hydrogen-bond acceptors (Lipinski definition) is 5. The van der Waals surface area contributed by atoms with Crippen LogP contribution < -0.4 is 0 Å². The first-order valence-corrected chi connectivity index (χ1v) is 11.7. The highest BCUT2D eigenvalue weighted by Gasteiger charge is 2.93. The highest BCUT2D eigenvalue weighted by atomic mass is 16.6. The van der Waals surface area contributed by atoms with E-state index in [0.717, 1.165) is 24.0 Å². The highest BCUT2D eigenvalue weighted by Crippen LogP contribution is 2.81. The van der Waals surface area contributed by atoms with Crippen molar-refractivity contribution in [1.29, 1.82) is 0 Å².